The Kier molecular flexibility index (Phi) is 4.51. The topological polar surface area (TPSA) is 17.1 Å². The second kappa shape index (κ2) is 6.29. The number of carbonyl (C=O) groups excluding carboxylic acids is 1. The summed E-state index contributed by atoms with van der Waals surface area (Å²) in [6.07, 6.45) is 15.5. The minimum atomic E-state index is -0.141. The van der Waals surface area contributed by atoms with E-state index in [0.717, 1.165) is 24.7 Å². The molecule has 0 saturated heterocycles. The van der Waals surface area contributed by atoms with E-state index in [1.165, 1.54) is 51.4 Å². The summed E-state index contributed by atoms with van der Waals surface area (Å²) < 4.78 is 0. The Morgan fingerprint density at radius 1 is 0.806 bits per heavy atom. The van der Waals surface area contributed by atoms with E-state index in [9.17, 15) is 4.79 Å². The normalized spacial score (nSPS) is 52.8. The van der Waals surface area contributed by atoms with Crippen LogP contribution in [0.1, 0.15) is 120 Å². The number of carbonyl (C=O) groups is 1. The van der Waals surface area contributed by atoms with Gasteiger partial charge in [-0.05, 0) is 103 Å². The van der Waals surface area contributed by atoms with Crippen LogP contribution in [0.25, 0.3) is 0 Å². The highest BCUT2D eigenvalue weighted by molar-refractivity contribution is 5.85. The molecule has 31 heavy (non-hydrogen) atoms. The number of ketones is 1. The van der Waals surface area contributed by atoms with Crippen LogP contribution in [-0.4, -0.2) is 5.78 Å². The van der Waals surface area contributed by atoms with Crippen molar-refractivity contribution in [2.45, 2.75) is 120 Å². The molecule has 0 aromatic rings. The van der Waals surface area contributed by atoms with Crippen molar-refractivity contribution in [2.24, 2.45) is 50.2 Å². The number of Topliss-reactive ketones (excluding diaryl/α,β-unsaturated/α-hetero) is 1. The van der Waals surface area contributed by atoms with Gasteiger partial charge in [0.25, 0.3) is 0 Å². The Labute approximate surface area is 192 Å². The van der Waals surface area contributed by atoms with E-state index in [0.29, 0.717) is 38.8 Å². The largest absolute Gasteiger partial charge is 0.299 e. The van der Waals surface area contributed by atoms with E-state index < -0.39 is 0 Å². The van der Waals surface area contributed by atoms with Crippen molar-refractivity contribution in [3.8, 4) is 0 Å². The molecule has 0 unspecified atom stereocenters. The third-order valence-electron chi connectivity index (χ3n) is 12.8. The first-order chi connectivity index (χ1) is 14.2. The average Bonchev–Trinajstić information content (AvgIpc) is 2.67. The summed E-state index contributed by atoms with van der Waals surface area (Å²) >= 11 is 0. The standard InChI is InChI=1S/C30H48O/c1-25(2)15-16-27(5)17-18-29(7)20(21(27)19-25)9-10-23-28(6)13-12-24(31)26(3,4)22(28)11-14-30(23,29)8/h9,21-23H,10-19H2,1-8H3/t21-,22+,23-,27+,28-,29+,30+/m0/s1. The van der Waals surface area contributed by atoms with Crippen LogP contribution in [0.15, 0.2) is 11.6 Å². The zero-order valence-electron chi connectivity index (χ0n) is 21.8. The summed E-state index contributed by atoms with van der Waals surface area (Å²) in [6, 6.07) is 0. The molecular formula is C30H48O. The Morgan fingerprint density at radius 3 is 2.19 bits per heavy atom. The van der Waals surface area contributed by atoms with Crippen molar-refractivity contribution >= 4 is 5.78 Å². The molecule has 0 radical (unpaired) electrons. The maximum Gasteiger partial charge on any atom is 0.138 e. The van der Waals surface area contributed by atoms with E-state index in [2.05, 4.69) is 61.5 Å². The molecule has 5 rings (SSSR count). The highest BCUT2D eigenvalue weighted by atomic mass is 16.1. The van der Waals surface area contributed by atoms with Gasteiger partial charge < -0.3 is 0 Å². The Balaban J connectivity index is 1.58. The van der Waals surface area contributed by atoms with E-state index in [-0.39, 0.29) is 5.41 Å². The van der Waals surface area contributed by atoms with Gasteiger partial charge in [-0.15, -0.1) is 0 Å². The van der Waals surface area contributed by atoms with Gasteiger partial charge in [0, 0.05) is 11.8 Å². The van der Waals surface area contributed by atoms with Crippen molar-refractivity contribution in [1.82, 2.24) is 0 Å². The average molecular weight is 425 g/mol. The smallest absolute Gasteiger partial charge is 0.138 e. The molecule has 0 N–H and O–H groups in total. The van der Waals surface area contributed by atoms with Crippen LogP contribution in [-0.2, 0) is 4.79 Å². The lowest BCUT2D eigenvalue weighted by molar-refractivity contribution is -0.184. The molecular weight excluding hydrogens is 376 g/mol. The molecule has 0 aromatic carbocycles. The van der Waals surface area contributed by atoms with Crippen molar-refractivity contribution in [1.29, 1.82) is 0 Å². The zero-order valence-corrected chi connectivity index (χ0v) is 21.8. The van der Waals surface area contributed by atoms with E-state index in [1.807, 2.05) is 5.57 Å². The zero-order chi connectivity index (χ0) is 22.7. The molecule has 174 valence electrons. The molecule has 5 aliphatic carbocycles. The lowest BCUT2D eigenvalue weighted by Crippen LogP contribution is -2.64. The van der Waals surface area contributed by atoms with Crippen LogP contribution in [0.4, 0.5) is 0 Å². The lowest BCUT2D eigenvalue weighted by Gasteiger charge is -2.70. The molecule has 0 amide bonds. The molecule has 0 aliphatic heterocycles. The number of hydrogen-bond donors (Lipinski definition) is 0. The lowest BCUT2D eigenvalue weighted by atomic mass is 9.34. The van der Waals surface area contributed by atoms with Crippen LogP contribution in [0.5, 0.6) is 0 Å². The summed E-state index contributed by atoms with van der Waals surface area (Å²) in [5.41, 5.74) is 3.75. The van der Waals surface area contributed by atoms with Crippen LogP contribution in [0, 0.1) is 50.2 Å². The molecule has 1 heteroatoms. The third kappa shape index (κ3) is 2.70. The summed E-state index contributed by atoms with van der Waals surface area (Å²) in [6.45, 7) is 20.1. The summed E-state index contributed by atoms with van der Waals surface area (Å²) in [5, 5.41) is 0. The summed E-state index contributed by atoms with van der Waals surface area (Å²) in [4.78, 5) is 12.9. The van der Waals surface area contributed by atoms with E-state index in [1.54, 1.807) is 0 Å². The summed E-state index contributed by atoms with van der Waals surface area (Å²) in [5.74, 6) is 2.58. The van der Waals surface area contributed by atoms with Crippen molar-refractivity contribution in [3.05, 3.63) is 11.6 Å². The maximum atomic E-state index is 12.9. The number of fused-ring (bicyclic) bond motifs is 7. The second-order valence-electron chi connectivity index (χ2n) is 15.0. The molecule has 5 aliphatic rings. The predicted molar refractivity (Wildman–Crippen MR) is 130 cm³/mol. The SMILES string of the molecule is CC1(C)CC[C@]2(C)CC[C@]3(C)C(=CC[C@H]4[C@@]5(C)CCC(=O)C(C)(C)[C@H]5CC[C@]43C)[C@@H]2C1. The Morgan fingerprint density at radius 2 is 1.48 bits per heavy atom. The molecule has 0 bridgehead atoms. The van der Waals surface area contributed by atoms with Crippen molar-refractivity contribution in [3.63, 3.8) is 0 Å². The first-order valence-corrected chi connectivity index (χ1v) is 13.4. The van der Waals surface area contributed by atoms with Gasteiger partial charge >= 0.3 is 0 Å². The number of hydrogen-bond acceptors (Lipinski definition) is 1. The molecule has 7 atom stereocenters. The fourth-order valence-electron chi connectivity index (χ4n) is 10.3. The second-order valence-corrected chi connectivity index (χ2v) is 15.0. The fourth-order valence-corrected chi connectivity index (χ4v) is 10.3. The monoisotopic (exact) mass is 424 g/mol. The Bertz CT molecular complexity index is 831. The predicted octanol–water partition coefficient (Wildman–Crippen LogP) is 8.38. The minimum Gasteiger partial charge on any atom is -0.299 e. The van der Waals surface area contributed by atoms with Gasteiger partial charge in [-0.25, -0.2) is 0 Å². The maximum absolute atomic E-state index is 12.9. The van der Waals surface area contributed by atoms with E-state index in [4.69, 9.17) is 0 Å². The third-order valence-corrected chi connectivity index (χ3v) is 12.8. The van der Waals surface area contributed by atoms with E-state index >= 15 is 0 Å². The van der Waals surface area contributed by atoms with Crippen LogP contribution in [0.2, 0.25) is 0 Å². The fraction of sp³-hybridized carbons (Fsp3) is 0.900. The van der Waals surface area contributed by atoms with Crippen LogP contribution < -0.4 is 0 Å². The van der Waals surface area contributed by atoms with Gasteiger partial charge in [0.05, 0.1) is 0 Å². The highest BCUT2D eigenvalue weighted by Gasteiger charge is 2.67. The first-order valence-electron chi connectivity index (χ1n) is 13.4. The highest BCUT2D eigenvalue weighted by Crippen LogP contribution is 2.75. The van der Waals surface area contributed by atoms with Crippen molar-refractivity contribution < 1.29 is 4.79 Å². The van der Waals surface area contributed by atoms with Gasteiger partial charge in [-0.2, -0.15) is 0 Å². The molecule has 4 saturated carbocycles. The van der Waals surface area contributed by atoms with Gasteiger partial charge in [-0.3, -0.25) is 4.79 Å². The van der Waals surface area contributed by atoms with Crippen molar-refractivity contribution in [2.75, 3.05) is 0 Å². The van der Waals surface area contributed by atoms with Gasteiger partial charge in [0.1, 0.15) is 5.78 Å². The molecule has 1 nitrogen and oxygen atoms in total. The molecule has 0 aromatic heterocycles. The first kappa shape index (κ1) is 22.2. The van der Waals surface area contributed by atoms with Gasteiger partial charge in [0.2, 0.25) is 0 Å². The molecule has 0 spiro atoms. The Hall–Kier alpha value is -0.590. The molecule has 0 heterocycles. The van der Waals surface area contributed by atoms with Crippen LogP contribution >= 0.6 is 0 Å². The molecule has 4 fully saturated rings. The summed E-state index contributed by atoms with van der Waals surface area (Å²) in [7, 11) is 0. The van der Waals surface area contributed by atoms with Crippen LogP contribution in [0.3, 0.4) is 0 Å². The minimum absolute atomic E-state index is 0.141. The van der Waals surface area contributed by atoms with Gasteiger partial charge in [-0.1, -0.05) is 67.0 Å². The quantitative estimate of drug-likeness (QED) is 0.357. The van der Waals surface area contributed by atoms with Gasteiger partial charge in [0.15, 0.2) is 0 Å². The number of rotatable bonds is 0. The number of allylic oxidation sites excluding steroid dienone is 2.